The zero-order valence-corrected chi connectivity index (χ0v) is 20.7. The molecular formula is C21H37N9O7. The summed E-state index contributed by atoms with van der Waals surface area (Å²) in [5.41, 5.74) is 16.1. The van der Waals surface area contributed by atoms with E-state index in [1.165, 1.54) is 6.92 Å². The number of nitrogens with one attached hydrogen (secondary N) is 5. The lowest BCUT2D eigenvalue weighted by Crippen LogP contribution is -2.57. The summed E-state index contributed by atoms with van der Waals surface area (Å²) in [7, 11) is 0. The Morgan fingerprint density at radius 3 is 2.08 bits per heavy atom. The summed E-state index contributed by atoms with van der Waals surface area (Å²) < 4.78 is 0. The number of hydrogen-bond acceptors (Lipinski definition) is 8. The van der Waals surface area contributed by atoms with Crippen molar-refractivity contribution in [2.75, 3.05) is 19.6 Å². The van der Waals surface area contributed by atoms with Crippen molar-refractivity contribution >= 4 is 41.5 Å². The summed E-state index contributed by atoms with van der Waals surface area (Å²) in [5.74, 6) is -5.33. The summed E-state index contributed by atoms with van der Waals surface area (Å²) in [4.78, 5) is 78.6. The quantitative estimate of drug-likeness (QED) is 0.0749. The van der Waals surface area contributed by atoms with Gasteiger partial charge in [0.1, 0.15) is 24.2 Å². The Hall–Kier alpha value is -3.95. The van der Waals surface area contributed by atoms with Crippen LogP contribution in [0.5, 0.6) is 0 Å². The molecule has 4 atom stereocenters. The van der Waals surface area contributed by atoms with Crippen LogP contribution in [0.4, 0.5) is 0 Å². The molecule has 0 aromatic heterocycles. The van der Waals surface area contributed by atoms with Gasteiger partial charge >= 0.3 is 5.97 Å². The number of nitrogens with two attached hydrogens (primary N) is 3. The van der Waals surface area contributed by atoms with E-state index < -0.39 is 72.6 Å². The Morgan fingerprint density at radius 2 is 1.46 bits per heavy atom. The minimum atomic E-state index is -1.50. The van der Waals surface area contributed by atoms with E-state index in [0.717, 1.165) is 0 Å². The van der Waals surface area contributed by atoms with E-state index in [0.29, 0.717) is 25.8 Å². The SMILES string of the molecule is CC1NC(=O)[C@H](CC(=O)O)NC(=O)CNC(=O)[C@H](CCCN=C(N)N)NC(=O)[C@H](CCCCN)NC1=O. The molecule has 16 nitrogen and oxygen atoms in total. The molecule has 0 saturated carbocycles. The van der Waals surface area contributed by atoms with Crippen LogP contribution in [0.2, 0.25) is 0 Å². The fourth-order valence-electron chi connectivity index (χ4n) is 3.40. The normalized spacial score (nSPS) is 23.8. The van der Waals surface area contributed by atoms with E-state index in [4.69, 9.17) is 22.3 Å². The first-order chi connectivity index (χ1) is 17.4. The maximum absolute atomic E-state index is 13.1. The van der Waals surface area contributed by atoms with Crippen molar-refractivity contribution in [2.24, 2.45) is 22.2 Å². The standard InChI is InChI=1S/C21H37N9O7/c1-11-17(34)29-13(5-2-3-7-22)19(36)30-12(6-4-8-25-21(23)24)18(35)26-10-15(31)28-14(9-16(32)33)20(37)27-11/h11-14H,2-10,22H2,1H3,(H,26,35)(H,27,37)(H,28,31)(H,29,34)(H,30,36)(H,32,33)(H4,23,24,25)/t11?,12-,13-,14-/m0/s1. The number of aliphatic imine (C=N–C) groups is 1. The number of unbranched alkanes of at least 4 members (excludes halogenated alkanes) is 1. The van der Waals surface area contributed by atoms with Crippen molar-refractivity contribution in [1.82, 2.24) is 26.6 Å². The van der Waals surface area contributed by atoms with Gasteiger partial charge in [-0.15, -0.1) is 0 Å². The lowest BCUT2D eigenvalue weighted by atomic mass is 10.1. The zero-order chi connectivity index (χ0) is 28.0. The van der Waals surface area contributed by atoms with Crippen LogP contribution in [-0.2, 0) is 28.8 Å². The molecule has 1 unspecified atom stereocenters. The highest BCUT2D eigenvalue weighted by Gasteiger charge is 2.31. The fourth-order valence-corrected chi connectivity index (χ4v) is 3.40. The van der Waals surface area contributed by atoms with Crippen molar-refractivity contribution < 1.29 is 33.9 Å². The highest BCUT2D eigenvalue weighted by atomic mass is 16.4. The Labute approximate surface area is 213 Å². The third-order valence-corrected chi connectivity index (χ3v) is 5.36. The molecule has 1 aliphatic rings. The summed E-state index contributed by atoms with van der Waals surface area (Å²) in [6.45, 7) is 1.31. The molecule has 0 bridgehead atoms. The smallest absolute Gasteiger partial charge is 0.305 e. The van der Waals surface area contributed by atoms with Crippen LogP contribution in [0.25, 0.3) is 0 Å². The van der Waals surface area contributed by atoms with Crippen molar-refractivity contribution in [3.63, 3.8) is 0 Å². The number of nitrogens with zero attached hydrogens (tertiary/aromatic N) is 1. The number of carboxylic acid groups (broad SMARTS) is 1. The van der Waals surface area contributed by atoms with Gasteiger partial charge in [-0.05, 0) is 45.6 Å². The molecule has 1 fully saturated rings. The van der Waals surface area contributed by atoms with E-state index in [2.05, 4.69) is 31.6 Å². The molecule has 1 saturated heterocycles. The first kappa shape index (κ1) is 31.1. The average molecular weight is 528 g/mol. The lowest BCUT2D eigenvalue weighted by Gasteiger charge is -2.24. The monoisotopic (exact) mass is 527 g/mol. The van der Waals surface area contributed by atoms with Gasteiger partial charge in [-0.1, -0.05) is 0 Å². The molecule has 5 amide bonds. The first-order valence-corrected chi connectivity index (χ1v) is 11.9. The molecule has 0 radical (unpaired) electrons. The first-order valence-electron chi connectivity index (χ1n) is 11.9. The maximum atomic E-state index is 13.1. The van der Waals surface area contributed by atoms with Gasteiger partial charge in [-0.3, -0.25) is 33.8 Å². The van der Waals surface area contributed by atoms with Gasteiger partial charge in [0.25, 0.3) is 0 Å². The second-order valence-electron chi connectivity index (χ2n) is 8.52. The number of hydrogen-bond donors (Lipinski definition) is 9. The molecule has 1 rings (SSSR count). The van der Waals surface area contributed by atoms with Crippen LogP contribution < -0.4 is 43.8 Å². The Morgan fingerprint density at radius 1 is 0.865 bits per heavy atom. The Kier molecular flexibility index (Phi) is 13.4. The highest BCUT2D eigenvalue weighted by molar-refractivity contribution is 5.97. The molecule has 1 aliphatic heterocycles. The maximum Gasteiger partial charge on any atom is 0.305 e. The number of carbonyl (C=O) groups is 6. The van der Waals surface area contributed by atoms with Crippen LogP contribution in [0.3, 0.4) is 0 Å². The molecule has 16 heteroatoms. The Balaban J connectivity index is 3.22. The average Bonchev–Trinajstić information content (AvgIpc) is 2.82. The largest absolute Gasteiger partial charge is 0.481 e. The third-order valence-electron chi connectivity index (χ3n) is 5.36. The minimum Gasteiger partial charge on any atom is -0.481 e. The number of aliphatic carboxylic acids is 1. The van der Waals surface area contributed by atoms with Gasteiger partial charge < -0.3 is 48.9 Å². The van der Waals surface area contributed by atoms with Gasteiger partial charge in [0.15, 0.2) is 5.96 Å². The second-order valence-corrected chi connectivity index (χ2v) is 8.52. The van der Waals surface area contributed by atoms with E-state index >= 15 is 0 Å². The lowest BCUT2D eigenvalue weighted by molar-refractivity contribution is -0.141. The Bertz CT molecular complexity index is 876. The molecule has 12 N–H and O–H groups in total. The van der Waals surface area contributed by atoms with Crippen LogP contribution >= 0.6 is 0 Å². The number of carboxylic acids is 1. The molecule has 37 heavy (non-hydrogen) atoms. The highest BCUT2D eigenvalue weighted by Crippen LogP contribution is 2.06. The van der Waals surface area contributed by atoms with Crippen LogP contribution in [0.15, 0.2) is 4.99 Å². The summed E-state index contributed by atoms with van der Waals surface area (Å²) in [5, 5.41) is 21.2. The van der Waals surface area contributed by atoms with Crippen molar-refractivity contribution in [2.45, 2.75) is 69.6 Å². The van der Waals surface area contributed by atoms with Crippen LogP contribution in [0, 0.1) is 0 Å². The molecule has 1 heterocycles. The number of rotatable bonds is 10. The molecule has 0 spiro atoms. The van der Waals surface area contributed by atoms with Crippen LogP contribution in [-0.4, -0.2) is 90.4 Å². The summed E-state index contributed by atoms with van der Waals surface area (Å²) in [6, 6.07) is -4.81. The summed E-state index contributed by atoms with van der Waals surface area (Å²) >= 11 is 0. The molecule has 0 aliphatic carbocycles. The third kappa shape index (κ3) is 12.0. The van der Waals surface area contributed by atoms with Gasteiger partial charge in [-0.25, -0.2) is 0 Å². The number of amides is 5. The molecular weight excluding hydrogens is 490 g/mol. The predicted octanol–water partition coefficient (Wildman–Crippen LogP) is -4.27. The van der Waals surface area contributed by atoms with Crippen molar-refractivity contribution in [1.29, 1.82) is 0 Å². The van der Waals surface area contributed by atoms with Gasteiger partial charge in [0.05, 0.1) is 13.0 Å². The number of guanidine groups is 1. The van der Waals surface area contributed by atoms with Crippen molar-refractivity contribution in [3.05, 3.63) is 0 Å². The molecule has 0 aromatic carbocycles. The minimum absolute atomic E-state index is 0.109. The zero-order valence-electron chi connectivity index (χ0n) is 20.7. The van der Waals surface area contributed by atoms with Gasteiger partial charge in [-0.2, -0.15) is 0 Å². The molecule has 0 aromatic rings. The van der Waals surface area contributed by atoms with Crippen LogP contribution in [0.1, 0.15) is 45.4 Å². The summed E-state index contributed by atoms with van der Waals surface area (Å²) in [6.07, 6.45) is 0.948. The predicted molar refractivity (Wildman–Crippen MR) is 131 cm³/mol. The van der Waals surface area contributed by atoms with Gasteiger partial charge in [0.2, 0.25) is 29.5 Å². The van der Waals surface area contributed by atoms with Gasteiger partial charge in [0, 0.05) is 6.54 Å². The van der Waals surface area contributed by atoms with E-state index in [1.54, 1.807) is 0 Å². The second kappa shape index (κ2) is 15.9. The topological polar surface area (TPSA) is 273 Å². The van der Waals surface area contributed by atoms with E-state index in [-0.39, 0.29) is 25.3 Å². The molecule has 208 valence electrons. The van der Waals surface area contributed by atoms with E-state index in [9.17, 15) is 28.8 Å². The number of carbonyl (C=O) groups excluding carboxylic acids is 5. The fraction of sp³-hybridized carbons (Fsp3) is 0.667. The van der Waals surface area contributed by atoms with Crippen molar-refractivity contribution in [3.8, 4) is 0 Å². The van der Waals surface area contributed by atoms with E-state index in [1.807, 2.05) is 0 Å².